The van der Waals surface area contributed by atoms with Crippen LogP contribution >= 0.6 is 0 Å². The second kappa shape index (κ2) is 7.41. The molecule has 8 aromatic rings. The quantitative estimate of drug-likeness (QED) is 0.228. The summed E-state index contributed by atoms with van der Waals surface area (Å²) in [4.78, 5) is 0. The SMILES string of the molecule is c1ccc2cc(-c3ccc4cc(-c5ccc6ccc7cccc8ccc5c6c78)ccc4c3)ccc2c1. The van der Waals surface area contributed by atoms with Gasteiger partial charge in [-0.05, 0) is 94.3 Å². The minimum Gasteiger partial charge on any atom is -0.0616 e. The van der Waals surface area contributed by atoms with Gasteiger partial charge in [0.05, 0.1) is 0 Å². The lowest BCUT2D eigenvalue weighted by molar-refractivity contribution is 1.66. The summed E-state index contributed by atoms with van der Waals surface area (Å²) in [6, 6.07) is 49.2. The molecule has 0 heteroatoms. The van der Waals surface area contributed by atoms with E-state index < -0.39 is 0 Å². The Morgan fingerprint density at radius 1 is 0.278 bits per heavy atom. The Labute approximate surface area is 209 Å². The molecule has 8 aromatic carbocycles. The summed E-state index contributed by atoms with van der Waals surface area (Å²) < 4.78 is 0. The highest BCUT2D eigenvalue weighted by Crippen LogP contribution is 2.40. The van der Waals surface area contributed by atoms with E-state index in [1.165, 1.54) is 76.1 Å². The summed E-state index contributed by atoms with van der Waals surface area (Å²) in [5.41, 5.74) is 5.07. The second-order valence-corrected chi connectivity index (χ2v) is 9.81. The first-order valence-electron chi connectivity index (χ1n) is 12.5. The zero-order chi connectivity index (χ0) is 23.6. The van der Waals surface area contributed by atoms with E-state index in [-0.39, 0.29) is 0 Å². The van der Waals surface area contributed by atoms with Crippen LogP contribution in [0.2, 0.25) is 0 Å². The monoisotopic (exact) mass is 454 g/mol. The molecule has 0 nitrogen and oxygen atoms in total. The number of benzene rings is 8. The summed E-state index contributed by atoms with van der Waals surface area (Å²) >= 11 is 0. The summed E-state index contributed by atoms with van der Waals surface area (Å²) in [7, 11) is 0. The van der Waals surface area contributed by atoms with Crippen LogP contribution in [-0.4, -0.2) is 0 Å². The van der Waals surface area contributed by atoms with Gasteiger partial charge >= 0.3 is 0 Å². The van der Waals surface area contributed by atoms with Gasteiger partial charge in [-0.2, -0.15) is 0 Å². The van der Waals surface area contributed by atoms with Gasteiger partial charge in [0.25, 0.3) is 0 Å². The molecule has 0 amide bonds. The van der Waals surface area contributed by atoms with Crippen LogP contribution in [0.4, 0.5) is 0 Å². The van der Waals surface area contributed by atoms with Crippen molar-refractivity contribution in [1.82, 2.24) is 0 Å². The van der Waals surface area contributed by atoms with E-state index in [9.17, 15) is 0 Å². The van der Waals surface area contributed by atoms with E-state index in [1.807, 2.05) is 0 Å². The highest BCUT2D eigenvalue weighted by atomic mass is 14.2. The predicted molar refractivity (Wildman–Crippen MR) is 156 cm³/mol. The van der Waals surface area contributed by atoms with Gasteiger partial charge in [-0.3, -0.25) is 0 Å². The number of hydrogen-bond acceptors (Lipinski definition) is 0. The van der Waals surface area contributed by atoms with Gasteiger partial charge in [0.15, 0.2) is 0 Å². The van der Waals surface area contributed by atoms with E-state index in [4.69, 9.17) is 0 Å². The van der Waals surface area contributed by atoms with E-state index in [0.29, 0.717) is 0 Å². The number of fused-ring (bicyclic) bond motifs is 2. The molecule has 8 rings (SSSR count). The van der Waals surface area contributed by atoms with Crippen LogP contribution in [0.1, 0.15) is 0 Å². The van der Waals surface area contributed by atoms with Gasteiger partial charge in [0.2, 0.25) is 0 Å². The number of hydrogen-bond donors (Lipinski definition) is 0. The standard InChI is InChI=1S/C36H22/c1-2-5-27-20-28(11-8-23(27)4-1)29-12-13-31-22-32(15-14-30(31)21-29)33-18-16-26-10-9-24-6-3-7-25-17-19-34(33)36(26)35(24)25/h1-22H. The Morgan fingerprint density at radius 2 is 0.750 bits per heavy atom. The lowest BCUT2D eigenvalue weighted by atomic mass is 9.89. The molecular formula is C36H22. The summed E-state index contributed by atoms with van der Waals surface area (Å²) in [5, 5.41) is 13.1. The van der Waals surface area contributed by atoms with Crippen molar-refractivity contribution < 1.29 is 0 Å². The average Bonchev–Trinajstić information content (AvgIpc) is 2.95. The minimum atomic E-state index is 1.25. The molecule has 0 heterocycles. The molecule has 0 N–H and O–H groups in total. The maximum Gasteiger partial charge on any atom is -0.00206 e. The van der Waals surface area contributed by atoms with Crippen molar-refractivity contribution in [3.63, 3.8) is 0 Å². The van der Waals surface area contributed by atoms with Crippen molar-refractivity contribution in [3.05, 3.63) is 133 Å². The predicted octanol–water partition coefficient (Wildman–Crippen LogP) is 10.2. The van der Waals surface area contributed by atoms with Crippen LogP contribution < -0.4 is 0 Å². The highest BCUT2D eigenvalue weighted by molar-refractivity contribution is 6.25. The Morgan fingerprint density at radius 3 is 1.50 bits per heavy atom. The maximum atomic E-state index is 2.34. The van der Waals surface area contributed by atoms with Crippen molar-refractivity contribution in [2.24, 2.45) is 0 Å². The smallest absolute Gasteiger partial charge is 0.00206 e. The lowest BCUT2D eigenvalue weighted by Gasteiger charge is -2.14. The summed E-state index contributed by atoms with van der Waals surface area (Å²) in [6.07, 6.45) is 0. The van der Waals surface area contributed by atoms with Gasteiger partial charge in [0.1, 0.15) is 0 Å². The van der Waals surface area contributed by atoms with Gasteiger partial charge in [0, 0.05) is 0 Å². The van der Waals surface area contributed by atoms with Gasteiger partial charge < -0.3 is 0 Å². The van der Waals surface area contributed by atoms with Crippen LogP contribution in [0, 0.1) is 0 Å². The van der Waals surface area contributed by atoms with Crippen molar-refractivity contribution in [1.29, 1.82) is 0 Å². The van der Waals surface area contributed by atoms with Crippen LogP contribution in [0.5, 0.6) is 0 Å². The van der Waals surface area contributed by atoms with Crippen LogP contribution in [0.15, 0.2) is 133 Å². The molecule has 0 aliphatic heterocycles. The molecule has 166 valence electrons. The lowest BCUT2D eigenvalue weighted by Crippen LogP contribution is -1.87. The van der Waals surface area contributed by atoms with Crippen molar-refractivity contribution >= 4 is 53.9 Å². The molecule has 0 saturated heterocycles. The number of rotatable bonds is 2. The van der Waals surface area contributed by atoms with Crippen LogP contribution in [0.25, 0.3) is 76.1 Å². The molecule has 0 bridgehead atoms. The third kappa shape index (κ3) is 2.88. The molecule has 0 aliphatic rings. The fraction of sp³-hybridized carbons (Fsp3) is 0. The normalized spacial score (nSPS) is 11.9. The fourth-order valence-corrected chi connectivity index (χ4v) is 5.95. The van der Waals surface area contributed by atoms with Crippen molar-refractivity contribution in [2.45, 2.75) is 0 Å². The second-order valence-electron chi connectivity index (χ2n) is 9.81. The van der Waals surface area contributed by atoms with Gasteiger partial charge in [-0.1, -0.05) is 115 Å². The third-order valence-electron chi connectivity index (χ3n) is 7.76. The average molecular weight is 455 g/mol. The maximum absolute atomic E-state index is 2.34. The molecule has 36 heavy (non-hydrogen) atoms. The van der Waals surface area contributed by atoms with E-state index in [2.05, 4.69) is 133 Å². The van der Waals surface area contributed by atoms with Crippen LogP contribution in [0.3, 0.4) is 0 Å². The van der Waals surface area contributed by atoms with Crippen molar-refractivity contribution in [3.8, 4) is 22.3 Å². The highest BCUT2D eigenvalue weighted by Gasteiger charge is 2.12. The Hall–Kier alpha value is -4.68. The summed E-state index contributed by atoms with van der Waals surface area (Å²) in [5.74, 6) is 0. The zero-order valence-electron chi connectivity index (χ0n) is 19.7. The first-order valence-corrected chi connectivity index (χ1v) is 12.5. The topological polar surface area (TPSA) is 0 Å². The van der Waals surface area contributed by atoms with E-state index >= 15 is 0 Å². The summed E-state index contributed by atoms with van der Waals surface area (Å²) in [6.45, 7) is 0. The molecule has 0 unspecified atom stereocenters. The molecule has 0 aliphatic carbocycles. The van der Waals surface area contributed by atoms with Gasteiger partial charge in [-0.25, -0.2) is 0 Å². The third-order valence-corrected chi connectivity index (χ3v) is 7.76. The fourth-order valence-electron chi connectivity index (χ4n) is 5.95. The Bertz CT molecular complexity index is 2080. The largest absolute Gasteiger partial charge is 0.0616 e. The molecule has 0 aromatic heterocycles. The minimum absolute atomic E-state index is 1.25. The Kier molecular flexibility index (Phi) is 4.03. The van der Waals surface area contributed by atoms with Gasteiger partial charge in [-0.15, -0.1) is 0 Å². The molecule has 0 saturated carbocycles. The van der Waals surface area contributed by atoms with E-state index in [1.54, 1.807) is 0 Å². The molecule has 0 spiro atoms. The molecule has 0 fully saturated rings. The molecule has 0 radical (unpaired) electrons. The first kappa shape index (κ1) is 19.6. The zero-order valence-corrected chi connectivity index (χ0v) is 19.7. The van der Waals surface area contributed by atoms with Crippen molar-refractivity contribution in [2.75, 3.05) is 0 Å². The van der Waals surface area contributed by atoms with E-state index in [0.717, 1.165) is 0 Å². The first-order chi connectivity index (χ1) is 17.8. The molecular weight excluding hydrogens is 432 g/mol. The van der Waals surface area contributed by atoms with Crippen LogP contribution in [-0.2, 0) is 0 Å². The molecule has 0 atom stereocenters. The Balaban J connectivity index is 1.28.